The van der Waals surface area contributed by atoms with Crippen LogP contribution in [0.1, 0.15) is 38.0 Å². The summed E-state index contributed by atoms with van der Waals surface area (Å²) in [5, 5.41) is 13.8. The number of aromatic nitrogens is 2. The number of benzene rings is 2. The van der Waals surface area contributed by atoms with E-state index in [2.05, 4.69) is 20.8 Å². The van der Waals surface area contributed by atoms with Gasteiger partial charge in [0.25, 0.3) is 11.8 Å². The zero-order valence-corrected chi connectivity index (χ0v) is 19.5. The number of para-hydroxylation sites is 1. The highest BCUT2D eigenvalue weighted by atomic mass is 32.1. The quantitative estimate of drug-likeness (QED) is 0.539. The third kappa shape index (κ3) is 5.76. The summed E-state index contributed by atoms with van der Waals surface area (Å²) in [4.78, 5) is 39.4. The lowest BCUT2D eigenvalue weighted by molar-refractivity contribution is -0.126. The SMILES string of the molecule is COc1ccc(CNC(=O)C2CCN(C(=O)c3nnc(C(=O)Nc4ccccc4)s3)CC2)cc1. The van der Waals surface area contributed by atoms with Crippen LogP contribution in [0.15, 0.2) is 54.6 Å². The van der Waals surface area contributed by atoms with E-state index in [4.69, 9.17) is 4.74 Å². The maximum absolute atomic E-state index is 12.8. The smallest absolute Gasteiger partial charge is 0.286 e. The van der Waals surface area contributed by atoms with Crippen molar-refractivity contribution in [2.24, 2.45) is 5.92 Å². The molecule has 176 valence electrons. The molecule has 9 nitrogen and oxygen atoms in total. The zero-order valence-electron chi connectivity index (χ0n) is 18.7. The van der Waals surface area contributed by atoms with E-state index in [1.807, 2.05) is 42.5 Å². The molecular formula is C24H25N5O4S. The fourth-order valence-electron chi connectivity index (χ4n) is 3.66. The molecule has 0 aliphatic carbocycles. The third-order valence-electron chi connectivity index (χ3n) is 5.61. The van der Waals surface area contributed by atoms with Crippen molar-refractivity contribution >= 4 is 34.7 Å². The van der Waals surface area contributed by atoms with Gasteiger partial charge >= 0.3 is 0 Å². The molecule has 2 aromatic carbocycles. The summed E-state index contributed by atoms with van der Waals surface area (Å²) < 4.78 is 5.14. The van der Waals surface area contributed by atoms with Crippen LogP contribution in [0.4, 0.5) is 5.69 Å². The Kier molecular flexibility index (Phi) is 7.48. The molecule has 34 heavy (non-hydrogen) atoms. The molecule has 1 aliphatic rings. The number of amides is 3. The fraction of sp³-hybridized carbons (Fsp3) is 0.292. The van der Waals surface area contributed by atoms with Crippen molar-refractivity contribution in [3.63, 3.8) is 0 Å². The van der Waals surface area contributed by atoms with Gasteiger partial charge in [-0.15, -0.1) is 10.2 Å². The van der Waals surface area contributed by atoms with Crippen LogP contribution in [-0.2, 0) is 11.3 Å². The predicted octanol–water partition coefficient (Wildman–Crippen LogP) is 2.97. The molecule has 0 saturated carbocycles. The summed E-state index contributed by atoms with van der Waals surface area (Å²) in [5.74, 6) is -0.0718. The van der Waals surface area contributed by atoms with E-state index >= 15 is 0 Å². The molecule has 1 aromatic heterocycles. The van der Waals surface area contributed by atoms with Crippen molar-refractivity contribution in [1.82, 2.24) is 20.4 Å². The Morgan fingerprint density at radius 2 is 1.68 bits per heavy atom. The number of rotatable bonds is 7. The molecule has 0 unspecified atom stereocenters. The minimum atomic E-state index is -0.407. The van der Waals surface area contributed by atoms with Crippen LogP contribution in [0.5, 0.6) is 5.75 Å². The van der Waals surface area contributed by atoms with Gasteiger partial charge in [-0.1, -0.05) is 41.7 Å². The first-order valence-corrected chi connectivity index (χ1v) is 11.7. The second-order valence-electron chi connectivity index (χ2n) is 7.86. The van der Waals surface area contributed by atoms with Crippen molar-refractivity contribution in [3.05, 3.63) is 70.2 Å². The number of carbonyl (C=O) groups is 3. The summed E-state index contributed by atoms with van der Waals surface area (Å²) in [6.07, 6.45) is 1.14. The lowest BCUT2D eigenvalue weighted by atomic mass is 9.95. The number of nitrogens with zero attached hydrogens (tertiary/aromatic N) is 3. The molecule has 1 saturated heterocycles. The summed E-state index contributed by atoms with van der Waals surface area (Å²) in [5.41, 5.74) is 1.63. The minimum Gasteiger partial charge on any atom is -0.497 e. The van der Waals surface area contributed by atoms with Gasteiger partial charge < -0.3 is 20.3 Å². The van der Waals surface area contributed by atoms with Gasteiger partial charge in [0.1, 0.15) is 5.75 Å². The second-order valence-corrected chi connectivity index (χ2v) is 8.84. The van der Waals surface area contributed by atoms with Gasteiger partial charge in [-0.05, 0) is 42.7 Å². The number of piperidine rings is 1. The van der Waals surface area contributed by atoms with E-state index in [1.165, 1.54) is 0 Å². The van der Waals surface area contributed by atoms with Gasteiger partial charge in [0.05, 0.1) is 7.11 Å². The van der Waals surface area contributed by atoms with Gasteiger partial charge in [-0.25, -0.2) is 0 Å². The van der Waals surface area contributed by atoms with Gasteiger partial charge in [0.2, 0.25) is 15.9 Å². The molecule has 1 fully saturated rings. The highest BCUT2D eigenvalue weighted by Gasteiger charge is 2.29. The topological polar surface area (TPSA) is 114 Å². The summed E-state index contributed by atoms with van der Waals surface area (Å²) >= 11 is 0.964. The molecule has 0 atom stereocenters. The maximum Gasteiger partial charge on any atom is 0.286 e. The second kappa shape index (κ2) is 10.9. The number of carbonyl (C=O) groups excluding carboxylic acids is 3. The molecule has 2 heterocycles. The zero-order chi connectivity index (χ0) is 23.9. The van der Waals surface area contributed by atoms with E-state index in [0.29, 0.717) is 38.2 Å². The van der Waals surface area contributed by atoms with Crippen LogP contribution in [0.25, 0.3) is 0 Å². The lowest BCUT2D eigenvalue weighted by Crippen LogP contribution is -2.42. The molecule has 1 aliphatic heterocycles. The van der Waals surface area contributed by atoms with Crippen LogP contribution in [-0.4, -0.2) is 53.0 Å². The van der Waals surface area contributed by atoms with Crippen molar-refractivity contribution in [3.8, 4) is 5.75 Å². The maximum atomic E-state index is 12.8. The van der Waals surface area contributed by atoms with Crippen LogP contribution >= 0.6 is 11.3 Å². The van der Waals surface area contributed by atoms with Crippen molar-refractivity contribution in [1.29, 1.82) is 0 Å². The molecule has 3 amide bonds. The lowest BCUT2D eigenvalue weighted by Gasteiger charge is -2.30. The molecular weight excluding hydrogens is 454 g/mol. The number of nitrogens with one attached hydrogen (secondary N) is 2. The van der Waals surface area contributed by atoms with Crippen LogP contribution in [0, 0.1) is 5.92 Å². The van der Waals surface area contributed by atoms with Crippen LogP contribution in [0.2, 0.25) is 0 Å². The van der Waals surface area contributed by atoms with E-state index < -0.39 is 5.91 Å². The highest BCUT2D eigenvalue weighted by Crippen LogP contribution is 2.21. The molecule has 0 spiro atoms. The molecule has 4 rings (SSSR count). The van der Waals surface area contributed by atoms with Gasteiger partial charge in [-0.2, -0.15) is 0 Å². The summed E-state index contributed by atoms with van der Waals surface area (Å²) in [6, 6.07) is 16.6. The minimum absolute atomic E-state index is 0.0151. The van der Waals surface area contributed by atoms with Crippen molar-refractivity contribution < 1.29 is 19.1 Å². The first-order valence-electron chi connectivity index (χ1n) is 10.9. The Morgan fingerprint density at radius 3 is 2.35 bits per heavy atom. The summed E-state index contributed by atoms with van der Waals surface area (Å²) in [7, 11) is 1.61. The van der Waals surface area contributed by atoms with E-state index in [-0.39, 0.29) is 27.7 Å². The third-order valence-corrected chi connectivity index (χ3v) is 6.52. The Labute approximate surface area is 201 Å². The molecule has 0 radical (unpaired) electrons. The average molecular weight is 480 g/mol. The predicted molar refractivity (Wildman–Crippen MR) is 128 cm³/mol. The number of likely N-dealkylation sites (tertiary alicyclic amines) is 1. The molecule has 10 heteroatoms. The monoisotopic (exact) mass is 479 g/mol. The Balaban J connectivity index is 1.25. The molecule has 3 aromatic rings. The van der Waals surface area contributed by atoms with Crippen molar-refractivity contribution in [2.45, 2.75) is 19.4 Å². The molecule has 2 N–H and O–H groups in total. The first-order chi connectivity index (χ1) is 16.5. The van der Waals surface area contributed by atoms with E-state index in [9.17, 15) is 14.4 Å². The van der Waals surface area contributed by atoms with Crippen LogP contribution < -0.4 is 15.4 Å². The Morgan fingerprint density at radius 1 is 1.00 bits per heavy atom. The normalized spacial score (nSPS) is 13.9. The van der Waals surface area contributed by atoms with Crippen molar-refractivity contribution in [2.75, 3.05) is 25.5 Å². The Bertz CT molecular complexity index is 1140. The number of hydrogen-bond donors (Lipinski definition) is 2. The van der Waals surface area contributed by atoms with E-state index in [1.54, 1.807) is 24.1 Å². The van der Waals surface area contributed by atoms with Gasteiger partial charge in [0.15, 0.2) is 0 Å². The van der Waals surface area contributed by atoms with Crippen LogP contribution in [0.3, 0.4) is 0 Å². The standard InChI is InChI=1S/C24H25N5O4S/c1-33-19-9-7-16(8-10-19)15-25-20(30)17-11-13-29(14-12-17)24(32)23-28-27-22(34-23)21(31)26-18-5-3-2-4-6-18/h2-10,17H,11-15H2,1H3,(H,25,30)(H,26,31). The Hall–Kier alpha value is -3.79. The number of ether oxygens (including phenoxy) is 1. The molecule has 0 bridgehead atoms. The first kappa shape index (κ1) is 23.4. The number of hydrogen-bond acceptors (Lipinski definition) is 7. The number of anilines is 1. The number of methoxy groups -OCH3 is 1. The average Bonchev–Trinajstić information content (AvgIpc) is 3.38. The van der Waals surface area contributed by atoms with Gasteiger partial charge in [-0.3, -0.25) is 14.4 Å². The summed E-state index contributed by atoms with van der Waals surface area (Å²) in [6.45, 7) is 1.34. The van der Waals surface area contributed by atoms with Gasteiger partial charge in [0, 0.05) is 31.2 Å². The largest absolute Gasteiger partial charge is 0.497 e. The highest BCUT2D eigenvalue weighted by molar-refractivity contribution is 7.15. The fourth-order valence-corrected chi connectivity index (χ4v) is 4.37. The van der Waals surface area contributed by atoms with E-state index in [0.717, 1.165) is 22.6 Å².